The van der Waals surface area contributed by atoms with Crippen LogP contribution in [0.1, 0.15) is 44.7 Å². The summed E-state index contributed by atoms with van der Waals surface area (Å²) in [4.78, 5) is 25.9. The molecule has 1 saturated heterocycles. The molecule has 180 valence electrons. The maximum Gasteiger partial charge on any atom is 0.335 e. The first-order valence-corrected chi connectivity index (χ1v) is 11.3. The van der Waals surface area contributed by atoms with Gasteiger partial charge >= 0.3 is 5.97 Å². The summed E-state index contributed by atoms with van der Waals surface area (Å²) in [6.45, 7) is 2.31. The van der Waals surface area contributed by atoms with Crippen LogP contribution in [0.5, 0.6) is 11.5 Å². The summed E-state index contributed by atoms with van der Waals surface area (Å²) >= 11 is 0. The molecule has 3 aromatic rings. The van der Waals surface area contributed by atoms with Crippen molar-refractivity contribution in [2.24, 2.45) is 5.10 Å². The summed E-state index contributed by atoms with van der Waals surface area (Å²) in [5, 5.41) is 13.2. The molecule has 8 nitrogen and oxygen atoms in total. The highest BCUT2D eigenvalue weighted by molar-refractivity contribution is 5.95. The number of hydrogen-bond donors (Lipinski definition) is 2. The molecule has 1 amide bonds. The Morgan fingerprint density at radius 3 is 2.49 bits per heavy atom. The van der Waals surface area contributed by atoms with Gasteiger partial charge in [0.1, 0.15) is 6.61 Å². The number of carboxylic acids is 1. The van der Waals surface area contributed by atoms with Gasteiger partial charge in [0.05, 0.1) is 18.9 Å². The van der Waals surface area contributed by atoms with Crippen LogP contribution in [0.2, 0.25) is 0 Å². The molecule has 0 spiro atoms. The summed E-state index contributed by atoms with van der Waals surface area (Å²) in [6, 6.07) is 19.4. The van der Waals surface area contributed by atoms with E-state index < -0.39 is 5.97 Å². The second kappa shape index (κ2) is 11.2. The van der Waals surface area contributed by atoms with E-state index >= 15 is 0 Å². The molecule has 0 unspecified atom stereocenters. The number of ether oxygens (including phenoxy) is 2. The highest BCUT2D eigenvalue weighted by Crippen LogP contribution is 2.28. The lowest BCUT2D eigenvalue weighted by molar-refractivity contribution is 0.0696. The van der Waals surface area contributed by atoms with Crippen LogP contribution in [-0.4, -0.2) is 43.4 Å². The van der Waals surface area contributed by atoms with E-state index in [-0.39, 0.29) is 18.1 Å². The smallest absolute Gasteiger partial charge is 0.335 e. The van der Waals surface area contributed by atoms with Gasteiger partial charge in [-0.2, -0.15) is 5.10 Å². The van der Waals surface area contributed by atoms with Crippen molar-refractivity contribution in [3.8, 4) is 11.5 Å². The zero-order valence-corrected chi connectivity index (χ0v) is 19.4. The van der Waals surface area contributed by atoms with Crippen molar-refractivity contribution in [3.05, 3.63) is 89.0 Å². The minimum Gasteiger partial charge on any atom is -0.493 e. The van der Waals surface area contributed by atoms with Crippen LogP contribution in [0.4, 0.5) is 5.69 Å². The molecular formula is C27H27N3O5. The van der Waals surface area contributed by atoms with E-state index in [9.17, 15) is 9.59 Å². The topological polar surface area (TPSA) is 100 Å². The zero-order chi connectivity index (χ0) is 24.6. The van der Waals surface area contributed by atoms with Crippen molar-refractivity contribution in [1.82, 2.24) is 5.43 Å². The van der Waals surface area contributed by atoms with E-state index in [0.717, 1.165) is 24.3 Å². The number of carbonyl (C=O) groups is 2. The Hall–Kier alpha value is -4.33. The lowest BCUT2D eigenvalue weighted by atomic mass is 10.1. The average molecular weight is 474 g/mol. The third-order valence-electron chi connectivity index (χ3n) is 5.74. The zero-order valence-electron chi connectivity index (χ0n) is 19.4. The van der Waals surface area contributed by atoms with Crippen molar-refractivity contribution >= 4 is 23.8 Å². The van der Waals surface area contributed by atoms with Crippen LogP contribution in [0, 0.1) is 0 Å². The van der Waals surface area contributed by atoms with E-state index in [1.54, 1.807) is 48.5 Å². The highest BCUT2D eigenvalue weighted by Gasteiger charge is 2.13. The van der Waals surface area contributed by atoms with Gasteiger partial charge in [0, 0.05) is 24.3 Å². The van der Waals surface area contributed by atoms with Gasteiger partial charge in [-0.15, -0.1) is 0 Å². The van der Waals surface area contributed by atoms with E-state index in [1.165, 1.54) is 32.2 Å². The number of carboxylic acid groups (broad SMARTS) is 1. The molecule has 0 aliphatic carbocycles. The predicted octanol–water partition coefficient (Wildman–Crippen LogP) is 4.34. The average Bonchev–Trinajstić information content (AvgIpc) is 3.43. The minimum atomic E-state index is -0.987. The fourth-order valence-electron chi connectivity index (χ4n) is 3.87. The summed E-state index contributed by atoms with van der Waals surface area (Å²) in [7, 11) is 1.53. The molecule has 8 heteroatoms. The Morgan fingerprint density at radius 2 is 1.77 bits per heavy atom. The molecule has 3 aromatic carbocycles. The lowest BCUT2D eigenvalue weighted by Crippen LogP contribution is -2.19. The maximum atomic E-state index is 12.4. The first-order chi connectivity index (χ1) is 17.0. The Balaban J connectivity index is 1.34. The molecule has 0 saturated carbocycles. The van der Waals surface area contributed by atoms with Gasteiger partial charge in [0.25, 0.3) is 5.91 Å². The summed E-state index contributed by atoms with van der Waals surface area (Å²) < 4.78 is 11.2. The SMILES string of the molecule is COc1cc(/C=N\NC(=O)c2ccc(N3CCCC3)cc2)ccc1OCc1cccc(C(=O)O)c1. The number of nitrogens with one attached hydrogen (secondary N) is 1. The number of benzene rings is 3. The highest BCUT2D eigenvalue weighted by atomic mass is 16.5. The van der Waals surface area contributed by atoms with Crippen LogP contribution >= 0.6 is 0 Å². The fraction of sp³-hybridized carbons (Fsp3) is 0.222. The van der Waals surface area contributed by atoms with E-state index in [2.05, 4.69) is 15.4 Å². The number of rotatable bonds is 9. The van der Waals surface area contributed by atoms with E-state index in [4.69, 9.17) is 14.6 Å². The second-order valence-electron chi connectivity index (χ2n) is 8.14. The first-order valence-electron chi connectivity index (χ1n) is 11.3. The van der Waals surface area contributed by atoms with E-state index in [0.29, 0.717) is 22.6 Å². The third kappa shape index (κ3) is 6.17. The maximum absolute atomic E-state index is 12.4. The number of amides is 1. The lowest BCUT2D eigenvalue weighted by Gasteiger charge is -2.17. The number of hydrogen-bond acceptors (Lipinski definition) is 6. The van der Waals surface area contributed by atoms with Gasteiger partial charge in [-0.3, -0.25) is 4.79 Å². The Morgan fingerprint density at radius 1 is 1.00 bits per heavy atom. The van der Waals surface area contributed by atoms with Gasteiger partial charge < -0.3 is 19.5 Å². The van der Waals surface area contributed by atoms with Crippen LogP contribution in [0.3, 0.4) is 0 Å². The molecule has 4 rings (SSSR count). The molecule has 1 aliphatic heterocycles. The van der Waals surface area contributed by atoms with E-state index in [1.807, 2.05) is 12.1 Å². The van der Waals surface area contributed by atoms with Crippen molar-refractivity contribution in [1.29, 1.82) is 0 Å². The van der Waals surface area contributed by atoms with Gasteiger partial charge in [-0.05, 0) is 78.6 Å². The molecule has 0 aromatic heterocycles. The normalized spacial score (nSPS) is 13.1. The number of nitrogens with zero attached hydrogens (tertiary/aromatic N) is 2. The molecule has 1 heterocycles. The molecule has 0 radical (unpaired) electrons. The second-order valence-corrected chi connectivity index (χ2v) is 8.14. The first kappa shape index (κ1) is 23.8. The third-order valence-corrected chi connectivity index (χ3v) is 5.74. The quantitative estimate of drug-likeness (QED) is 0.354. The summed E-state index contributed by atoms with van der Waals surface area (Å²) in [6.07, 6.45) is 3.93. The minimum absolute atomic E-state index is 0.192. The molecule has 0 atom stereocenters. The molecule has 1 aliphatic rings. The van der Waals surface area contributed by atoms with Crippen LogP contribution in [0.25, 0.3) is 0 Å². The van der Waals surface area contributed by atoms with Crippen LogP contribution in [0.15, 0.2) is 71.8 Å². The number of methoxy groups -OCH3 is 1. The fourth-order valence-corrected chi connectivity index (χ4v) is 3.87. The molecule has 2 N–H and O–H groups in total. The molecule has 0 bridgehead atoms. The van der Waals surface area contributed by atoms with Crippen molar-refractivity contribution in [2.45, 2.75) is 19.4 Å². The van der Waals surface area contributed by atoms with Gasteiger partial charge in [0.2, 0.25) is 0 Å². The number of carbonyl (C=O) groups excluding carboxylic acids is 1. The molecular weight excluding hydrogens is 446 g/mol. The largest absolute Gasteiger partial charge is 0.493 e. The number of hydrazone groups is 1. The van der Waals surface area contributed by atoms with Gasteiger partial charge in [0.15, 0.2) is 11.5 Å². The standard InChI is InChI=1S/C27H27N3O5/c1-34-25-16-19(7-12-24(25)35-18-20-5-4-6-22(15-20)27(32)33)17-28-29-26(31)21-8-10-23(11-9-21)30-13-2-3-14-30/h4-12,15-17H,2-3,13-14,18H2,1H3,(H,29,31)(H,32,33)/b28-17-. The Kier molecular flexibility index (Phi) is 7.62. The monoisotopic (exact) mass is 473 g/mol. The van der Waals surface area contributed by atoms with Crippen molar-refractivity contribution < 1.29 is 24.2 Å². The van der Waals surface area contributed by atoms with Crippen LogP contribution < -0.4 is 19.8 Å². The summed E-state index contributed by atoms with van der Waals surface area (Å²) in [5.74, 6) is -0.274. The predicted molar refractivity (Wildman–Crippen MR) is 134 cm³/mol. The number of aromatic carboxylic acids is 1. The summed E-state index contributed by atoms with van der Waals surface area (Å²) in [5.41, 5.74) is 5.87. The molecule has 35 heavy (non-hydrogen) atoms. The van der Waals surface area contributed by atoms with Crippen molar-refractivity contribution in [2.75, 3.05) is 25.1 Å². The Labute approximate surface area is 203 Å². The van der Waals surface area contributed by atoms with Gasteiger partial charge in [-0.1, -0.05) is 12.1 Å². The molecule has 1 fully saturated rings. The van der Waals surface area contributed by atoms with Gasteiger partial charge in [-0.25, -0.2) is 10.2 Å². The number of anilines is 1. The van der Waals surface area contributed by atoms with Crippen molar-refractivity contribution in [3.63, 3.8) is 0 Å². The van der Waals surface area contributed by atoms with Crippen LogP contribution in [-0.2, 0) is 6.61 Å². The Bertz CT molecular complexity index is 1220.